The maximum absolute atomic E-state index is 5.38. The second-order valence-electron chi connectivity index (χ2n) is 7.48. The van der Waals surface area contributed by atoms with Gasteiger partial charge in [-0.3, -0.25) is 4.90 Å². The lowest BCUT2D eigenvalue weighted by molar-refractivity contribution is 0.256. The van der Waals surface area contributed by atoms with E-state index in [9.17, 15) is 0 Å². The quantitative estimate of drug-likeness (QED) is 0.277. The minimum Gasteiger partial charge on any atom is -0.493 e. The number of ether oxygens (including phenoxy) is 2. The molecule has 0 heterocycles. The number of hydrogen-bond acceptors (Lipinski definition) is 4. The minimum absolute atomic E-state index is 0. The van der Waals surface area contributed by atoms with Crippen molar-refractivity contribution < 1.29 is 9.47 Å². The lowest BCUT2D eigenvalue weighted by Crippen LogP contribution is -2.42. The van der Waals surface area contributed by atoms with Gasteiger partial charge >= 0.3 is 0 Å². The van der Waals surface area contributed by atoms with Gasteiger partial charge in [0, 0.05) is 32.2 Å². The first-order chi connectivity index (χ1) is 13.2. The van der Waals surface area contributed by atoms with Gasteiger partial charge in [-0.05, 0) is 56.2 Å². The number of benzene rings is 1. The smallest absolute Gasteiger partial charge is 0.191 e. The van der Waals surface area contributed by atoms with Crippen LogP contribution >= 0.6 is 24.0 Å². The molecule has 3 rings (SSSR count). The third-order valence-corrected chi connectivity index (χ3v) is 5.16. The Labute approximate surface area is 186 Å². The summed E-state index contributed by atoms with van der Waals surface area (Å²) in [7, 11) is 3.31. The summed E-state index contributed by atoms with van der Waals surface area (Å²) < 4.78 is 10.7. The van der Waals surface area contributed by atoms with E-state index in [1.54, 1.807) is 14.2 Å². The summed E-state index contributed by atoms with van der Waals surface area (Å²) in [6.45, 7) is 6.86. The van der Waals surface area contributed by atoms with Gasteiger partial charge in [0.1, 0.15) is 0 Å². The second kappa shape index (κ2) is 11.7. The van der Waals surface area contributed by atoms with Crippen molar-refractivity contribution in [3.8, 4) is 11.5 Å². The highest BCUT2D eigenvalue weighted by molar-refractivity contribution is 14.0. The van der Waals surface area contributed by atoms with Crippen LogP contribution in [0, 0.1) is 5.92 Å². The van der Waals surface area contributed by atoms with E-state index in [2.05, 4.69) is 22.5 Å². The molecular formula is C21H35IN4O2. The summed E-state index contributed by atoms with van der Waals surface area (Å²) >= 11 is 0. The lowest BCUT2D eigenvalue weighted by Gasteiger charge is -2.22. The summed E-state index contributed by atoms with van der Waals surface area (Å²) in [4.78, 5) is 7.39. The van der Waals surface area contributed by atoms with Gasteiger partial charge in [-0.15, -0.1) is 24.0 Å². The molecule has 0 atom stereocenters. The van der Waals surface area contributed by atoms with Crippen molar-refractivity contribution >= 4 is 29.9 Å². The largest absolute Gasteiger partial charge is 0.493 e. The molecule has 0 amide bonds. The fourth-order valence-corrected chi connectivity index (χ4v) is 3.30. The molecule has 0 aromatic heterocycles. The van der Waals surface area contributed by atoms with Crippen molar-refractivity contribution in [3.63, 3.8) is 0 Å². The molecule has 2 aliphatic rings. The van der Waals surface area contributed by atoms with Crippen LogP contribution in [0.4, 0.5) is 0 Å². The monoisotopic (exact) mass is 502 g/mol. The average Bonchev–Trinajstić information content (AvgIpc) is 3.58. The van der Waals surface area contributed by atoms with Gasteiger partial charge in [0.05, 0.1) is 20.8 Å². The van der Waals surface area contributed by atoms with E-state index in [-0.39, 0.29) is 24.0 Å². The third-order valence-electron chi connectivity index (χ3n) is 5.16. The normalized spacial score (nSPS) is 16.5. The molecule has 6 nitrogen and oxygen atoms in total. The van der Waals surface area contributed by atoms with Crippen LogP contribution in [-0.4, -0.2) is 57.3 Å². The van der Waals surface area contributed by atoms with E-state index >= 15 is 0 Å². The first kappa shape index (κ1) is 23.1. The molecule has 2 fully saturated rings. The molecule has 0 radical (unpaired) electrons. The minimum atomic E-state index is 0. The summed E-state index contributed by atoms with van der Waals surface area (Å²) in [5.41, 5.74) is 1.10. The van der Waals surface area contributed by atoms with E-state index in [0.717, 1.165) is 54.6 Å². The molecule has 28 heavy (non-hydrogen) atoms. The van der Waals surface area contributed by atoms with Crippen molar-refractivity contribution in [2.24, 2.45) is 10.9 Å². The first-order valence-electron chi connectivity index (χ1n) is 10.2. The number of hydrogen-bond donors (Lipinski definition) is 2. The predicted octanol–water partition coefficient (Wildman–Crippen LogP) is 3.25. The van der Waals surface area contributed by atoms with E-state index < -0.39 is 0 Å². The van der Waals surface area contributed by atoms with Gasteiger partial charge in [-0.2, -0.15) is 0 Å². The molecule has 0 spiro atoms. The number of halogens is 1. The Morgan fingerprint density at radius 1 is 1.11 bits per heavy atom. The van der Waals surface area contributed by atoms with Gasteiger partial charge in [0.15, 0.2) is 17.5 Å². The average molecular weight is 502 g/mol. The van der Waals surface area contributed by atoms with Crippen LogP contribution < -0.4 is 20.1 Å². The fourth-order valence-electron chi connectivity index (χ4n) is 3.30. The van der Waals surface area contributed by atoms with Gasteiger partial charge < -0.3 is 20.1 Å². The van der Waals surface area contributed by atoms with Crippen molar-refractivity contribution in [2.75, 3.05) is 40.4 Å². The number of nitrogens with one attached hydrogen (secondary N) is 2. The molecule has 158 valence electrons. The molecule has 2 N–H and O–H groups in total. The molecule has 7 heteroatoms. The summed E-state index contributed by atoms with van der Waals surface area (Å²) in [6.07, 6.45) is 5.60. The zero-order chi connectivity index (χ0) is 19.1. The number of nitrogens with zero attached hydrogens (tertiary/aromatic N) is 2. The Morgan fingerprint density at radius 2 is 1.86 bits per heavy atom. The van der Waals surface area contributed by atoms with Crippen molar-refractivity contribution in [1.82, 2.24) is 15.5 Å². The van der Waals surface area contributed by atoms with E-state index in [1.165, 1.54) is 32.2 Å². The zero-order valence-electron chi connectivity index (χ0n) is 17.4. The highest BCUT2D eigenvalue weighted by atomic mass is 127. The zero-order valence-corrected chi connectivity index (χ0v) is 19.7. The predicted molar refractivity (Wildman–Crippen MR) is 125 cm³/mol. The van der Waals surface area contributed by atoms with Crippen LogP contribution in [0.25, 0.3) is 0 Å². The van der Waals surface area contributed by atoms with Crippen LogP contribution in [0.15, 0.2) is 23.2 Å². The van der Waals surface area contributed by atoms with Crippen molar-refractivity contribution in [2.45, 2.75) is 45.2 Å². The Balaban J connectivity index is 0.00000280. The van der Waals surface area contributed by atoms with Crippen LogP contribution in [0.5, 0.6) is 11.5 Å². The molecular weight excluding hydrogens is 467 g/mol. The van der Waals surface area contributed by atoms with Gasteiger partial charge in [-0.25, -0.2) is 4.99 Å². The Morgan fingerprint density at radius 3 is 2.46 bits per heavy atom. The Bertz CT molecular complexity index is 633. The molecule has 2 aliphatic carbocycles. The van der Waals surface area contributed by atoms with E-state index in [0.29, 0.717) is 6.54 Å². The Hall–Kier alpha value is -1.22. The van der Waals surface area contributed by atoms with Gasteiger partial charge in [0.25, 0.3) is 0 Å². The third kappa shape index (κ3) is 7.31. The molecule has 1 aromatic rings. The van der Waals surface area contributed by atoms with Crippen LogP contribution in [0.2, 0.25) is 0 Å². The van der Waals surface area contributed by atoms with Crippen molar-refractivity contribution in [3.05, 3.63) is 23.8 Å². The summed E-state index contributed by atoms with van der Waals surface area (Å²) in [5, 5.41) is 6.83. The lowest BCUT2D eigenvalue weighted by atomic mass is 10.2. The standard InChI is InChI=1S/C21H34N4O2.HI/c1-4-22-21(23-11-12-25(18-8-9-18)15-16-5-6-16)24-14-17-7-10-19(26-2)20(13-17)27-3;/h7,10,13,16,18H,4-6,8-9,11-12,14-15H2,1-3H3,(H2,22,23,24);1H. The topological polar surface area (TPSA) is 58.1 Å². The fraction of sp³-hybridized carbons (Fsp3) is 0.667. The molecule has 0 bridgehead atoms. The number of methoxy groups -OCH3 is 2. The van der Waals surface area contributed by atoms with Crippen LogP contribution in [0.1, 0.15) is 38.2 Å². The second-order valence-corrected chi connectivity index (χ2v) is 7.48. The van der Waals surface area contributed by atoms with Crippen LogP contribution in [0.3, 0.4) is 0 Å². The summed E-state index contributed by atoms with van der Waals surface area (Å²) in [5.74, 6) is 3.31. The first-order valence-corrected chi connectivity index (χ1v) is 10.2. The van der Waals surface area contributed by atoms with Crippen molar-refractivity contribution in [1.29, 1.82) is 0 Å². The molecule has 2 saturated carbocycles. The number of rotatable bonds is 11. The van der Waals surface area contributed by atoms with Gasteiger partial charge in [0.2, 0.25) is 0 Å². The summed E-state index contributed by atoms with van der Waals surface area (Å²) in [6, 6.07) is 6.77. The van der Waals surface area contributed by atoms with E-state index in [1.807, 2.05) is 18.2 Å². The van der Waals surface area contributed by atoms with Crippen LogP contribution in [-0.2, 0) is 6.54 Å². The number of aliphatic imine (C=N–C) groups is 1. The molecule has 0 saturated heterocycles. The Kier molecular flexibility index (Phi) is 9.64. The SMILES string of the molecule is CCNC(=NCc1ccc(OC)c(OC)c1)NCCN(CC1CC1)C1CC1.I. The maximum Gasteiger partial charge on any atom is 0.191 e. The van der Waals surface area contributed by atoms with Gasteiger partial charge in [-0.1, -0.05) is 6.07 Å². The number of guanidine groups is 1. The molecule has 0 aliphatic heterocycles. The highest BCUT2D eigenvalue weighted by Gasteiger charge is 2.33. The van der Waals surface area contributed by atoms with E-state index in [4.69, 9.17) is 14.5 Å². The molecule has 0 unspecified atom stereocenters. The molecule has 1 aromatic carbocycles. The maximum atomic E-state index is 5.38. The highest BCUT2D eigenvalue weighted by Crippen LogP contribution is 2.34.